The fraction of sp³-hybridized carbons (Fsp3) is 0.200. The Morgan fingerprint density at radius 3 is 1.56 bits per heavy atom. The fourth-order valence-electron chi connectivity index (χ4n) is 9.32. The van der Waals surface area contributed by atoms with Gasteiger partial charge in [0.25, 0.3) is 0 Å². The van der Waals surface area contributed by atoms with Gasteiger partial charge in [-0.05, 0) is 121 Å². The molecule has 0 N–H and O–H groups in total. The highest BCUT2D eigenvalue weighted by Gasteiger charge is 2.46. The molecule has 0 radical (unpaired) electrons. The Balaban J connectivity index is 0.985. The lowest BCUT2D eigenvalue weighted by molar-refractivity contribution is 0.0900. The molecule has 2 aliphatic heterocycles. The second-order valence-electron chi connectivity index (χ2n) is 14.2. The molecule has 3 heteroatoms. The number of hydrogen-bond donors (Lipinski definition) is 0. The van der Waals surface area contributed by atoms with E-state index in [2.05, 4.69) is 143 Å². The van der Waals surface area contributed by atoms with Gasteiger partial charge in [0, 0.05) is 51.7 Å². The molecule has 48 heavy (non-hydrogen) atoms. The average molecular weight is 623 g/mol. The van der Waals surface area contributed by atoms with Crippen molar-refractivity contribution in [3.63, 3.8) is 0 Å². The molecule has 234 valence electrons. The van der Waals surface area contributed by atoms with Crippen molar-refractivity contribution in [2.45, 2.75) is 44.2 Å². The number of anilines is 4. The van der Waals surface area contributed by atoms with Gasteiger partial charge < -0.3 is 14.2 Å². The van der Waals surface area contributed by atoms with Crippen molar-refractivity contribution < 1.29 is 4.42 Å². The minimum atomic E-state index is 0.748. The van der Waals surface area contributed by atoms with Gasteiger partial charge in [-0.3, -0.25) is 0 Å². The smallest absolute Gasteiger partial charge is 0.137 e. The predicted molar refractivity (Wildman–Crippen MR) is 199 cm³/mol. The van der Waals surface area contributed by atoms with Crippen LogP contribution in [-0.2, 0) is 0 Å². The molecule has 0 spiro atoms. The second kappa shape index (κ2) is 11.2. The van der Waals surface area contributed by atoms with Crippen molar-refractivity contribution in [2.24, 2.45) is 11.8 Å². The molecule has 4 bridgehead atoms. The minimum absolute atomic E-state index is 0.748. The molecule has 4 aliphatic rings. The summed E-state index contributed by atoms with van der Waals surface area (Å²) in [6.07, 6.45) is 7.06. The van der Waals surface area contributed by atoms with Crippen LogP contribution in [0.4, 0.5) is 22.7 Å². The summed E-state index contributed by atoms with van der Waals surface area (Å²) in [5, 5.41) is 2.28. The van der Waals surface area contributed by atoms with Gasteiger partial charge in [-0.15, -0.1) is 0 Å². The number of hydrogen-bond acceptors (Lipinski definition) is 3. The van der Waals surface area contributed by atoms with E-state index in [1.807, 2.05) is 12.1 Å². The highest BCUT2D eigenvalue weighted by Crippen LogP contribution is 2.50. The molecular weight excluding hydrogens is 585 g/mol. The van der Waals surface area contributed by atoms with Crippen LogP contribution >= 0.6 is 0 Å². The summed E-state index contributed by atoms with van der Waals surface area (Å²) in [4.78, 5) is 5.10. The number of fused-ring (bicyclic) bond motifs is 3. The molecule has 4 fully saturated rings. The Morgan fingerprint density at radius 1 is 0.438 bits per heavy atom. The SMILES string of the molecule is c1ccc(-c2ccc(N(c3ccc(-c4ccc(N5C6CC7CC(C6)CC5C7)cc4)cc3)c3ccc4c(c3)oc3ccccc34)cc2)cc1. The maximum atomic E-state index is 6.32. The summed E-state index contributed by atoms with van der Waals surface area (Å²) >= 11 is 0. The topological polar surface area (TPSA) is 19.6 Å². The Hall–Kier alpha value is -5.28. The van der Waals surface area contributed by atoms with Gasteiger partial charge in [0.2, 0.25) is 0 Å². The number of furan rings is 1. The number of nitrogens with zero attached hydrogens (tertiary/aromatic N) is 2. The third-order valence-corrected chi connectivity index (χ3v) is 11.4. The van der Waals surface area contributed by atoms with Crippen molar-refractivity contribution in [3.05, 3.63) is 146 Å². The van der Waals surface area contributed by atoms with Gasteiger partial charge in [-0.2, -0.15) is 0 Å². The third kappa shape index (κ3) is 4.72. The first-order valence-electron chi connectivity index (χ1n) is 17.6. The Kier molecular flexibility index (Phi) is 6.46. The number of benzene rings is 6. The van der Waals surface area contributed by atoms with Gasteiger partial charge in [0.05, 0.1) is 0 Å². The molecule has 6 aromatic carbocycles. The lowest BCUT2D eigenvalue weighted by Crippen LogP contribution is -2.58. The Morgan fingerprint density at radius 2 is 0.938 bits per heavy atom. The fourth-order valence-corrected chi connectivity index (χ4v) is 9.32. The van der Waals surface area contributed by atoms with Crippen LogP contribution in [-0.4, -0.2) is 12.1 Å². The summed E-state index contributed by atoms with van der Waals surface area (Å²) in [6.45, 7) is 0. The summed E-state index contributed by atoms with van der Waals surface area (Å²) in [5.41, 5.74) is 11.4. The van der Waals surface area contributed by atoms with E-state index in [1.54, 1.807) is 0 Å². The van der Waals surface area contributed by atoms with Crippen molar-refractivity contribution in [1.82, 2.24) is 0 Å². The summed E-state index contributed by atoms with van der Waals surface area (Å²) in [7, 11) is 0. The lowest BCUT2D eigenvalue weighted by Gasteiger charge is -2.57. The molecule has 3 nitrogen and oxygen atoms in total. The van der Waals surface area contributed by atoms with Crippen LogP contribution in [0.5, 0.6) is 0 Å². The normalized spacial score (nSPS) is 21.3. The molecule has 0 atom stereocenters. The van der Waals surface area contributed by atoms with Crippen LogP contribution in [0.25, 0.3) is 44.2 Å². The predicted octanol–water partition coefficient (Wildman–Crippen LogP) is 12.2. The molecule has 1 aromatic heterocycles. The number of piperidine rings is 2. The molecular formula is C45H38N2O. The van der Waals surface area contributed by atoms with Crippen LogP contribution in [0.2, 0.25) is 0 Å². The second-order valence-corrected chi connectivity index (χ2v) is 14.2. The van der Waals surface area contributed by atoms with Crippen molar-refractivity contribution >= 4 is 44.7 Å². The van der Waals surface area contributed by atoms with Gasteiger partial charge in [0.15, 0.2) is 0 Å². The van der Waals surface area contributed by atoms with Crippen LogP contribution in [0.15, 0.2) is 150 Å². The molecule has 3 heterocycles. The van der Waals surface area contributed by atoms with E-state index in [0.717, 1.165) is 62.9 Å². The first kappa shape index (κ1) is 27.8. The lowest BCUT2D eigenvalue weighted by atomic mass is 9.63. The number of rotatable bonds is 6. The molecule has 2 saturated heterocycles. The highest BCUT2D eigenvalue weighted by molar-refractivity contribution is 6.06. The molecule has 11 rings (SSSR count). The summed E-state index contributed by atoms with van der Waals surface area (Å²) in [6, 6.07) is 54.2. The zero-order valence-electron chi connectivity index (χ0n) is 27.0. The van der Waals surface area contributed by atoms with Gasteiger partial charge >= 0.3 is 0 Å². The van der Waals surface area contributed by atoms with E-state index in [9.17, 15) is 0 Å². The van der Waals surface area contributed by atoms with E-state index in [4.69, 9.17) is 4.42 Å². The molecule has 2 saturated carbocycles. The molecule has 0 unspecified atom stereocenters. The van der Waals surface area contributed by atoms with E-state index >= 15 is 0 Å². The first-order chi connectivity index (χ1) is 23.7. The zero-order valence-corrected chi connectivity index (χ0v) is 27.0. The van der Waals surface area contributed by atoms with Crippen molar-refractivity contribution in [1.29, 1.82) is 0 Å². The Labute approximate surface area is 282 Å². The zero-order chi connectivity index (χ0) is 31.6. The molecule has 7 aromatic rings. The minimum Gasteiger partial charge on any atom is -0.456 e. The third-order valence-electron chi connectivity index (χ3n) is 11.4. The highest BCUT2D eigenvalue weighted by atomic mass is 16.3. The van der Waals surface area contributed by atoms with E-state index in [0.29, 0.717) is 0 Å². The maximum absolute atomic E-state index is 6.32. The van der Waals surface area contributed by atoms with Crippen molar-refractivity contribution in [3.8, 4) is 22.3 Å². The molecule has 0 amide bonds. The summed E-state index contributed by atoms with van der Waals surface area (Å²) < 4.78 is 6.32. The van der Waals surface area contributed by atoms with Crippen LogP contribution in [0, 0.1) is 11.8 Å². The molecule has 2 aliphatic carbocycles. The van der Waals surface area contributed by atoms with Crippen LogP contribution in [0.1, 0.15) is 32.1 Å². The largest absolute Gasteiger partial charge is 0.456 e. The van der Waals surface area contributed by atoms with Gasteiger partial charge in [-0.1, -0.05) is 84.9 Å². The first-order valence-corrected chi connectivity index (χ1v) is 17.6. The van der Waals surface area contributed by atoms with Crippen molar-refractivity contribution in [2.75, 3.05) is 9.80 Å². The van der Waals surface area contributed by atoms with Gasteiger partial charge in [-0.25, -0.2) is 0 Å². The van der Waals surface area contributed by atoms with Gasteiger partial charge in [0.1, 0.15) is 11.2 Å². The van der Waals surface area contributed by atoms with E-state index in [-0.39, 0.29) is 0 Å². The maximum Gasteiger partial charge on any atom is 0.137 e. The Bertz CT molecular complexity index is 2200. The van der Waals surface area contributed by atoms with E-state index in [1.165, 1.54) is 60.0 Å². The summed E-state index contributed by atoms with van der Waals surface area (Å²) in [5.74, 6) is 1.95. The van der Waals surface area contributed by atoms with Crippen LogP contribution in [0.3, 0.4) is 0 Å². The monoisotopic (exact) mass is 622 g/mol. The van der Waals surface area contributed by atoms with E-state index < -0.39 is 0 Å². The number of para-hydroxylation sites is 1. The quantitative estimate of drug-likeness (QED) is 0.184. The standard InChI is InChI=1S/C45H38N2O/c1-2-6-32(7-3-1)33-10-16-36(17-11-33)46(39-22-23-43-42-8-4-5-9-44(42)48-45(43)29-39)37-18-12-34(13-19-37)35-14-20-38(21-15-35)47-40-25-30-24-31(27-40)28-41(47)26-30/h1-23,29-31,40-41H,24-28H2. The average Bonchev–Trinajstić information content (AvgIpc) is 3.51. The van der Waals surface area contributed by atoms with Crippen LogP contribution < -0.4 is 9.80 Å².